The van der Waals surface area contributed by atoms with E-state index in [1.807, 2.05) is 0 Å². The minimum absolute atomic E-state index is 0.0241. The van der Waals surface area contributed by atoms with E-state index >= 15 is 0 Å². The van der Waals surface area contributed by atoms with Gasteiger partial charge < -0.3 is 0 Å². The molecule has 51 heavy (non-hydrogen) atoms. The maximum atomic E-state index is 3.67. The van der Waals surface area contributed by atoms with Crippen LogP contribution in [-0.4, -0.2) is 0 Å². The molecule has 1 aliphatic rings. The predicted octanol–water partition coefficient (Wildman–Crippen LogP) is 17.1. The van der Waals surface area contributed by atoms with Crippen LogP contribution in [0, 0.1) is 11.8 Å². The zero-order valence-corrected chi connectivity index (χ0v) is 35.4. The van der Waals surface area contributed by atoms with E-state index in [0.29, 0.717) is 11.8 Å². The summed E-state index contributed by atoms with van der Waals surface area (Å²) in [5.74, 6) is 1.09. The highest BCUT2D eigenvalue weighted by atomic mass is 79.9. The van der Waals surface area contributed by atoms with Crippen LogP contribution in [0.25, 0.3) is 33.4 Å². The number of fused-ring (bicyclic) bond motifs is 3. The van der Waals surface area contributed by atoms with Gasteiger partial charge in [0, 0.05) is 14.4 Å². The first kappa shape index (κ1) is 40.0. The van der Waals surface area contributed by atoms with E-state index in [-0.39, 0.29) is 5.41 Å². The lowest BCUT2D eigenvalue weighted by molar-refractivity contribution is 0.216. The first-order valence-corrected chi connectivity index (χ1v) is 22.3. The lowest BCUT2D eigenvalue weighted by Crippen LogP contribution is -2.40. The van der Waals surface area contributed by atoms with Crippen molar-refractivity contribution in [2.24, 2.45) is 11.8 Å². The number of hydrogen-bond donors (Lipinski definition) is 0. The van der Waals surface area contributed by atoms with E-state index in [4.69, 9.17) is 0 Å². The SMILES string of the molecule is CCCCCCCCCCC(C)C1(C(C)CCCCCCCCCC)c2cc(-c3ccc(Br)cc3)ccc2-c2ccc(-c3ccc(Br)cc3)cc21. The Labute approximate surface area is 328 Å². The molecule has 2 heteroatoms. The maximum absolute atomic E-state index is 3.67. The number of benzene rings is 4. The Morgan fingerprint density at radius 1 is 0.412 bits per heavy atom. The van der Waals surface area contributed by atoms with Gasteiger partial charge in [-0.15, -0.1) is 0 Å². The van der Waals surface area contributed by atoms with Gasteiger partial charge in [0.2, 0.25) is 0 Å². The molecule has 0 heterocycles. The molecule has 0 aliphatic heterocycles. The van der Waals surface area contributed by atoms with Gasteiger partial charge in [-0.1, -0.05) is 211 Å². The molecule has 0 spiro atoms. The molecule has 4 aromatic rings. The predicted molar refractivity (Wildman–Crippen MR) is 232 cm³/mol. The second kappa shape index (κ2) is 20.3. The molecule has 5 rings (SSSR count). The second-order valence-electron chi connectivity index (χ2n) is 15.7. The third-order valence-corrected chi connectivity index (χ3v) is 13.2. The van der Waals surface area contributed by atoms with Crippen LogP contribution in [0.5, 0.6) is 0 Å². The summed E-state index contributed by atoms with van der Waals surface area (Å²) in [6.07, 6.45) is 24.5. The molecule has 0 saturated carbocycles. The van der Waals surface area contributed by atoms with E-state index < -0.39 is 0 Å². The van der Waals surface area contributed by atoms with Gasteiger partial charge in [-0.25, -0.2) is 0 Å². The summed E-state index contributed by atoms with van der Waals surface area (Å²) in [6, 6.07) is 32.7. The van der Waals surface area contributed by atoms with Gasteiger partial charge in [-0.3, -0.25) is 0 Å². The van der Waals surface area contributed by atoms with Gasteiger partial charge in [-0.2, -0.15) is 0 Å². The average Bonchev–Trinajstić information content (AvgIpc) is 3.44. The fraction of sp³-hybridized carbons (Fsp3) is 0.510. The Bertz CT molecular complexity index is 1490. The Morgan fingerprint density at radius 3 is 1.08 bits per heavy atom. The Hall–Kier alpha value is -2.16. The first-order chi connectivity index (χ1) is 24.9. The Balaban J connectivity index is 1.51. The molecule has 0 amide bonds. The molecule has 274 valence electrons. The molecule has 0 aromatic heterocycles. The van der Waals surface area contributed by atoms with E-state index in [9.17, 15) is 0 Å². The molecule has 0 radical (unpaired) electrons. The third kappa shape index (κ3) is 10.1. The second-order valence-corrected chi connectivity index (χ2v) is 17.6. The topological polar surface area (TPSA) is 0 Å². The lowest BCUT2D eigenvalue weighted by Gasteiger charge is -2.44. The summed E-state index contributed by atoms with van der Waals surface area (Å²) in [5, 5.41) is 0. The highest BCUT2D eigenvalue weighted by molar-refractivity contribution is 9.10. The number of hydrogen-bond acceptors (Lipinski definition) is 0. The quantitative estimate of drug-likeness (QED) is 0.0694. The summed E-state index contributed by atoms with van der Waals surface area (Å²) >= 11 is 7.34. The molecule has 1 aliphatic carbocycles. The Kier molecular flexibility index (Phi) is 16.0. The van der Waals surface area contributed by atoms with E-state index in [1.165, 1.54) is 149 Å². The molecular weight excluding hydrogens is 748 g/mol. The highest BCUT2D eigenvalue weighted by Crippen LogP contribution is 2.59. The van der Waals surface area contributed by atoms with Crippen molar-refractivity contribution in [3.8, 4) is 33.4 Å². The number of unbranched alkanes of at least 4 members (excludes halogenated alkanes) is 14. The monoisotopic (exact) mass is 810 g/mol. The minimum Gasteiger partial charge on any atom is -0.0654 e. The van der Waals surface area contributed by atoms with Crippen molar-refractivity contribution in [2.45, 2.75) is 149 Å². The zero-order chi connectivity index (χ0) is 36.1. The lowest BCUT2D eigenvalue weighted by atomic mass is 9.59. The van der Waals surface area contributed by atoms with Gasteiger partial charge >= 0.3 is 0 Å². The van der Waals surface area contributed by atoms with Crippen LogP contribution in [-0.2, 0) is 5.41 Å². The molecule has 2 unspecified atom stereocenters. The van der Waals surface area contributed by atoms with Gasteiger partial charge in [0.1, 0.15) is 0 Å². The normalized spacial score (nSPS) is 14.3. The largest absolute Gasteiger partial charge is 0.0654 e. The van der Waals surface area contributed by atoms with Crippen LogP contribution in [0.2, 0.25) is 0 Å². The standard InChI is InChI=1S/C49H64Br2/c1-5-7-9-11-13-15-17-19-21-37(3)49(38(4)22-20-18-16-14-12-10-8-6-2)47-35-41(39-23-29-43(50)30-24-39)27-33-45(47)46-34-28-42(36-48(46)49)40-25-31-44(51)32-26-40/h23-38H,5-22H2,1-4H3. The first-order valence-electron chi connectivity index (χ1n) is 20.7. The third-order valence-electron chi connectivity index (χ3n) is 12.1. The summed E-state index contributed by atoms with van der Waals surface area (Å²) in [7, 11) is 0. The molecule has 0 N–H and O–H groups in total. The molecule has 0 saturated heterocycles. The highest BCUT2D eigenvalue weighted by Gasteiger charge is 2.50. The average molecular weight is 813 g/mol. The Morgan fingerprint density at radius 2 is 0.725 bits per heavy atom. The fourth-order valence-electron chi connectivity index (χ4n) is 9.20. The van der Waals surface area contributed by atoms with Gasteiger partial charge in [0.15, 0.2) is 0 Å². The minimum atomic E-state index is -0.0241. The van der Waals surface area contributed by atoms with Crippen LogP contribution < -0.4 is 0 Å². The smallest absolute Gasteiger partial charge is 0.0266 e. The molecule has 0 nitrogen and oxygen atoms in total. The van der Waals surface area contributed by atoms with E-state index in [2.05, 4.69) is 144 Å². The van der Waals surface area contributed by atoms with Crippen LogP contribution in [0.1, 0.15) is 154 Å². The number of halogens is 2. The van der Waals surface area contributed by atoms with Crippen molar-refractivity contribution in [1.29, 1.82) is 0 Å². The fourth-order valence-corrected chi connectivity index (χ4v) is 9.73. The van der Waals surface area contributed by atoms with Crippen LogP contribution in [0.3, 0.4) is 0 Å². The van der Waals surface area contributed by atoms with E-state index in [1.54, 1.807) is 11.1 Å². The van der Waals surface area contributed by atoms with Crippen molar-refractivity contribution in [2.75, 3.05) is 0 Å². The molecule has 4 aromatic carbocycles. The summed E-state index contributed by atoms with van der Waals surface area (Å²) < 4.78 is 2.26. The molecule has 0 fully saturated rings. The zero-order valence-electron chi connectivity index (χ0n) is 32.2. The maximum Gasteiger partial charge on any atom is 0.0266 e. The summed E-state index contributed by atoms with van der Waals surface area (Å²) in [5.41, 5.74) is 11.3. The number of rotatable bonds is 22. The van der Waals surface area contributed by atoms with Crippen LogP contribution in [0.15, 0.2) is 93.9 Å². The van der Waals surface area contributed by atoms with E-state index in [0.717, 1.165) is 8.95 Å². The summed E-state index contributed by atoms with van der Waals surface area (Å²) in [4.78, 5) is 0. The van der Waals surface area contributed by atoms with Crippen molar-refractivity contribution in [3.63, 3.8) is 0 Å². The molecule has 2 atom stereocenters. The molecular formula is C49H64Br2. The van der Waals surface area contributed by atoms with Crippen molar-refractivity contribution >= 4 is 31.9 Å². The van der Waals surface area contributed by atoms with Crippen molar-refractivity contribution in [3.05, 3.63) is 105 Å². The van der Waals surface area contributed by atoms with Gasteiger partial charge in [0.25, 0.3) is 0 Å². The van der Waals surface area contributed by atoms with Gasteiger partial charge in [-0.05, 0) is 106 Å². The van der Waals surface area contributed by atoms with Crippen LogP contribution >= 0.6 is 31.9 Å². The summed E-state index contributed by atoms with van der Waals surface area (Å²) in [6.45, 7) is 9.86. The van der Waals surface area contributed by atoms with Crippen LogP contribution in [0.4, 0.5) is 0 Å². The van der Waals surface area contributed by atoms with Crippen molar-refractivity contribution in [1.82, 2.24) is 0 Å². The molecule has 0 bridgehead atoms. The van der Waals surface area contributed by atoms with Crippen molar-refractivity contribution < 1.29 is 0 Å². The van der Waals surface area contributed by atoms with Gasteiger partial charge in [0.05, 0.1) is 0 Å².